The van der Waals surface area contributed by atoms with E-state index in [-0.39, 0.29) is 10.9 Å². The number of benzene rings is 2. The van der Waals surface area contributed by atoms with E-state index < -0.39 is 16.1 Å². The molecule has 0 spiro atoms. The van der Waals surface area contributed by atoms with E-state index in [9.17, 15) is 13.2 Å². The number of nitrogens with one attached hydrogen (secondary N) is 2. The molecule has 1 unspecified atom stereocenters. The van der Waals surface area contributed by atoms with Gasteiger partial charge < -0.3 is 10.2 Å². The first-order valence-corrected chi connectivity index (χ1v) is 8.95. The lowest BCUT2D eigenvalue weighted by molar-refractivity contribution is 0.238. The van der Waals surface area contributed by atoms with Gasteiger partial charge in [0.15, 0.2) is 0 Å². The van der Waals surface area contributed by atoms with Gasteiger partial charge in [-0.1, -0.05) is 48.5 Å². The Kier molecular flexibility index (Phi) is 5.94. The van der Waals surface area contributed by atoms with Crippen LogP contribution in [-0.2, 0) is 10.0 Å². The van der Waals surface area contributed by atoms with Gasteiger partial charge in [-0.05, 0) is 31.8 Å². The molecule has 128 valence electrons. The number of amides is 2. The van der Waals surface area contributed by atoms with Crippen LogP contribution in [0.3, 0.4) is 0 Å². The Labute approximate surface area is 142 Å². The lowest BCUT2D eigenvalue weighted by Gasteiger charge is -2.23. The fraction of sp³-hybridized carbons (Fsp3) is 0.235. The first kappa shape index (κ1) is 18.0. The summed E-state index contributed by atoms with van der Waals surface area (Å²) in [6, 6.07) is 16.1. The van der Waals surface area contributed by atoms with Crippen LogP contribution < -0.4 is 10.0 Å². The van der Waals surface area contributed by atoms with E-state index in [1.807, 2.05) is 54.0 Å². The van der Waals surface area contributed by atoms with Crippen molar-refractivity contribution in [1.82, 2.24) is 14.9 Å². The molecule has 0 aromatic heterocycles. The smallest absolute Gasteiger partial charge is 0.329 e. The van der Waals surface area contributed by atoms with Gasteiger partial charge >= 0.3 is 6.03 Å². The van der Waals surface area contributed by atoms with Gasteiger partial charge in [0.1, 0.15) is 0 Å². The molecule has 0 bridgehead atoms. The third-order valence-corrected chi connectivity index (χ3v) is 4.68. The Morgan fingerprint density at radius 3 is 2.08 bits per heavy atom. The Morgan fingerprint density at radius 2 is 1.54 bits per heavy atom. The number of nitrogens with zero attached hydrogens (tertiary/aromatic N) is 1. The molecule has 0 aliphatic heterocycles. The number of hydrogen-bond acceptors (Lipinski definition) is 4. The summed E-state index contributed by atoms with van der Waals surface area (Å²) >= 11 is 0. The molecule has 2 N–H and O–H groups in total. The highest BCUT2D eigenvalue weighted by Gasteiger charge is 2.20. The average Bonchev–Trinajstić information content (AvgIpc) is 2.55. The van der Waals surface area contributed by atoms with Crippen LogP contribution in [0.25, 0.3) is 0 Å². The molecule has 0 aliphatic rings. The Bertz CT molecular complexity index is 762. The van der Waals surface area contributed by atoms with Crippen LogP contribution in [0.15, 0.2) is 65.6 Å². The summed E-state index contributed by atoms with van der Waals surface area (Å²) in [7, 11) is -0.121. The fourth-order valence-electron chi connectivity index (χ4n) is 2.25. The Morgan fingerprint density at radius 1 is 1.00 bits per heavy atom. The highest BCUT2D eigenvalue weighted by atomic mass is 32.2. The summed E-state index contributed by atoms with van der Waals surface area (Å²) < 4.78 is 26.5. The first-order valence-electron chi connectivity index (χ1n) is 7.46. The second-order valence-corrected chi connectivity index (χ2v) is 7.30. The third kappa shape index (κ3) is 5.07. The lowest BCUT2D eigenvalue weighted by Crippen LogP contribution is -2.43. The zero-order chi connectivity index (χ0) is 17.6. The molecular formula is C17H21N3O3S. The Balaban J connectivity index is 2.11. The van der Waals surface area contributed by atoms with Gasteiger partial charge in [0.2, 0.25) is 0 Å². The largest absolute Gasteiger partial charge is 0.329 e. The van der Waals surface area contributed by atoms with Gasteiger partial charge in [0, 0.05) is 6.54 Å². The van der Waals surface area contributed by atoms with Crippen molar-refractivity contribution >= 4 is 16.1 Å². The van der Waals surface area contributed by atoms with Crippen LogP contribution in [0, 0.1) is 0 Å². The van der Waals surface area contributed by atoms with Crippen LogP contribution in [0.2, 0.25) is 0 Å². The van der Waals surface area contributed by atoms with E-state index in [1.54, 1.807) is 18.2 Å². The first-order chi connectivity index (χ1) is 11.4. The molecule has 2 amide bonds. The van der Waals surface area contributed by atoms with Crippen LogP contribution >= 0.6 is 0 Å². The maximum Gasteiger partial charge on any atom is 0.329 e. The minimum atomic E-state index is -3.89. The van der Waals surface area contributed by atoms with Gasteiger partial charge in [0.05, 0.1) is 10.9 Å². The van der Waals surface area contributed by atoms with E-state index >= 15 is 0 Å². The highest BCUT2D eigenvalue weighted by molar-refractivity contribution is 7.90. The van der Waals surface area contributed by atoms with Gasteiger partial charge in [-0.2, -0.15) is 0 Å². The summed E-state index contributed by atoms with van der Waals surface area (Å²) in [5.74, 6) is 0. The number of urea groups is 1. The average molecular weight is 347 g/mol. The summed E-state index contributed by atoms with van der Waals surface area (Å²) in [5.41, 5.74) is 0.901. The van der Waals surface area contributed by atoms with E-state index in [4.69, 9.17) is 0 Å². The predicted octanol–water partition coefficient (Wildman–Crippen LogP) is 1.98. The summed E-state index contributed by atoms with van der Waals surface area (Å²) in [6.45, 7) is 0.544. The molecular weight excluding hydrogens is 326 g/mol. The lowest BCUT2D eigenvalue weighted by atomic mass is 10.1. The van der Waals surface area contributed by atoms with Crippen molar-refractivity contribution in [2.24, 2.45) is 0 Å². The van der Waals surface area contributed by atoms with Gasteiger partial charge in [-0.15, -0.1) is 0 Å². The number of hydrogen-bond donors (Lipinski definition) is 2. The number of carbonyl (C=O) groups is 1. The number of rotatable bonds is 6. The number of carbonyl (C=O) groups excluding carboxylic acids is 1. The van der Waals surface area contributed by atoms with Crippen molar-refractivity contribution in [2.45, 2.75) is 10.9 Å². The second kappa shape index (κ2) is 7.94. The second-order valence-electron chi connectivity index (χ2n) is 5.62. The van der Waals surface area contributed by atoms with Gasteiger partial charge in [-0.3, -0.25) is 0 Å². The van der Waals surface area contributed by atoms with E-state index in [1.165, 1.54) is 12.1 Å². The minimum Gasteiger partial charge on any atom is -0.329 e. The summed E-state index contributed by atoms with van der Waals surface area (Å²) in [5, 5.41) is 2.72. The van der Waals surface area contributed by atoms with Crippen molar-refractivity contribution < 1.29 is 13.2 Å². The van der Waals surface area contributed by atoms with E-state index in [2.05, 4.69) is 5.32 Å². The molecule has 7 heteroatoms. The van der Waals surface area contributed by atoms with Crippen molar-refractivity contribution in [3.63, 3.8) is 0 Å². The molecule has 1 atom stereocenters. The SMILES string of the molecule is CN(C)CC(NC(=O)NS(=O)(=O)c1ccccc1)c1ccccc1. The van der Waals surface area contributed by atoms with E-state index in [0.29, 0.717) is 6.54 Å². The zero-order valence-electron chi connectivity index (χ0n) is 13.6. The van der Waals surface area contributed by atoms with Crippen molar-refractivity contribution in [1.29, 1.82) is 0 Å². The molecule has 24 heavy (non-hydrogen) atoms. The van der Waals surface area contributed by atoms with Crippen LogP contribution in [0.4, 0.5) is 4.79 Å². The molecule has 2 aromatic carbocycles. The monoisotopic (exact) mass is 347 g/mol. The molecule has 0 fully saturated rings. The molecule has 2 aromatic rings. The quantitative estimate of drug-likeness (QED) is 0.837. The van der Waals surface area contributed by atoms with Crippen LogP contribution in [-0.4, -0.2) is 40.0 Å². The molecule has 0 saturated carbocycles. The zero-order valence-corrected chi connectivity index (χ0v) is 14.5. The number of likely N-dealkylation sites (N-methyl/N-ethyl adjacent to an activating group) is 1. The topological polar surface area (TPSA) is 78.5 Å². The van der Waals surface area contributed by atoms with Gasteiger partial charge in [-0.25, -0.2) is 17.9 Å². The van der Waals surface area contributed by atoms with Crippen molar-refractivity contribution in [3.8, 4) is 0 Å². The van der Waals surface area contributed by atoms with E-state index in [0.717, 1.165) is 5.56 Å². The van der Waals surface area contributed by atoms with Crippen LogP contribution in [0.1, 0.15) is 11.6 Å². The molecule has 0 radical (unpaired) electrons. The molecule has 0 aliphatic carbocycles. The molecule has 0 saturated heterocycles. The molecule has 2 rings (SSSR count). The molecule has 6 nitrogen and oxygen atoms in total. The Hall–Kier alpha value is -2.38. The standard InChI is InChI=1S/C17H21N3O3S/c1-20(2)13-16(14-9-5-3-6-10-14)18-17(21)19-24(22,23)15-11-7-4-8-12-15/h3-12,16H,13H2,1-2H3,(H2,18,19,21). The maximum absolute atomic E-state index is 12.2. The predicted molar refractivity (Wildman–Crippen MR) is 93.0 cm³/mol. The third-order valence-electron chi connectivity index (χ3n) is 3.34. The highest BCUT2D eigenvalue weighted by Crippen LogP contribution is 2.13. The van der Waals surface area contributed by atoms with Crippen LogP contribution in [0.5, 0.6) is 0 Å². The fourth-order valence-corrected chi connectivity index (χ4v) is 3.19. The normalized spacial score (nSPS) is 12.6. The van der Waals surface area contributed by atoms with Crippen molar-refractivity contribution in [2.75, 3.05) is 20.6 Å². The maximum atomic E-state index is 12.2. The number of sulfonamides is 1. The summed E-state index contributed by atoms with van der Waals surface area (Å²) in [4.78, 5) is 14.1. The summed E-state index contributed by atoms with van der Waals surface area (Å²) in [6.07, 6.45) is 0. The van der Waals surface area contributed by atoms with Gasteiger partial charge in [0.25, 0.3) is 10.0 Å². The minimum absolute atomic E-state index is 0.0454. The van der Waals surface area contributed by atoms with Crippen molar-refractivity contribution in [3.05, 3.63) is 66.2 Å². The molecule has 0 heterocycles.